The van der Waals surface area contributed by atoms with Crippen molar-refractivity contribution >= 4 is 11.7 Å². The Balaban J connectivity index is 2.22. The van der Waals surface area contributed by atoms with Crippen molar-refractivity contribution in [3.05, 3.63) is 23.8 Å². The summed E-state index contributed by atoms with van der Waals surface area (Å²) in [5, 5.41) is 3.09. The summed E-state index contributed by atoms with van der Waals surface area (Å²) in [6, 6.07) is 5.40. The van der Waals surface area contributed by atoms with Crippen LogP contribution in [0.15, 0.2) is 18.2 Å². The van der Waals surface area contributed by atoms with Gasteiger partial charge in [0.25, 0.3) is 0 Å². The molecule has 4 heteroatoms. The van der Waals surface area contributed by atoms with Gasteiger partial charge in [0.05, 0.1) is 12.8 Å². The lowest BCUT2D eigenvalue weighted by Crippen LogP contribution is -2.39. The molecule has 0 aliphatic carbocycles. The smallest absolute Gasteiger partial charge is 0.331 e. The number of aryl methyl sites for hydroxylation is 1. The van der Waals surface area contributed by atoms with Gasteiger partial charge in [0.1, 0.15) is 12.4 Å². The Morgan fingerprint density at radius 1 is 1.60 bits per heavy atom. The highest BCUT2D eigenvalue weighted by Gasteiger charge is 2.25. The number of esters is 1. The number of methoxy groups -OCH3 is 1. The largest absolute Gasteiger partial charge is 0.489 e. The zero-order valence-electron chi connectivity index (χ0n) is 8.74. The van der Waals surface area contributed by atoms with E-state index in [9.17, 15) is 4.79 Å². The van der Waals surface area contributed by atoms with E-state index in [-0.39, 0.29) is 5.97 Å². The first-order chi connectivity index (χ1) is 7.20. The van der Waals surface area contributed by atoms with Crippen molar-refractivity contribution < 1.29 is 14.3 Å². The molecule has 0 spiro atoms. The Hall–Kier alpha value is -1.71. The van der Waals surface area contributed by atoms with E-state index in [1.807, 2.05) is 25.1 Å². The van der Waals surface area contributed by atoms with Crippen LogP contribution in [0.2, 0.25) is 0 Å². The molecule has 2 rings (SSSR count). The van der Waals surface area contributed by atoms with E-state index >= 15 is 0 Å². The Bertz CT molecular complexity index is 389. The van der Waals surface area contributed by atoms with Crippen LogP contribution >= 0.6 is 0 Å². The molecule has 0 bridgehead atoms. The monoisotopic (exact) mass is 207 g/mol. The quantitative estimate of drug-likeness (QED) is 0.706. The van der Waals surface area contributed by atoms with Crippen molar-refractivity contribution in [3.63, 3.8) is 0 Å². The number of hydrogen-bond donors (Lipinski definition) is 1. The minimum absolute atomic E-state index is 0.304. The molecule has 1 aromatic carbocycles. The summed E-state index contributed by atoms with van der Waals surface area (Å²) in [7, 11) is 1.37. The minimum atomic E-state index is -0.413. The Morgan fingerprint density at radius 2 is 2.40 bits per heavy atom. The van der Waals surface area contributed by atoms with E-state index < -0.39 is 6.04 Å². The van der Waals surface area contributed by atoms with Crippen LogP contribution in [0.3, 0.4) is 0 Å². The fourth-order valence-electron chi connectivity index (χ4n) is 1.55. The standard InChI is InChI=1S/C11H13NO3/c1-7-3-4-10-8(5-7)12-9(6-15-10)11(13)14-2/h3-5,9,12H,6H2,1-2H3. The average Bonchev–Trinajstić information content (AvgIpc) is 2.27. The maximum Gasteiger partial charge on any atom is 0.331 e. The van der Waals surface area contributed by atoms with E-state index in [0.29, 0.717) is 6.61 Å². The number of anilines is 1. The predicted octanol–water partition coefficient (Wildman–Crippen LogP) is 1.34. The van der Waals surface area contributed by atoms with Gasteiger partial charge in [0.15, 0.2) is 6.04 Å². The minimum Gasteiger partial charge on any atom is -0.489 e. The first-order valence-electron chi connectivity index (χ1n) is 4.78. The molecule has 0 aromatic heterocycles. The van der Waals surface area contributed by atoms with Crippen LogP contribution in [0.25, 0.3) is 0 Å². The molecule has 0 radical (unpaired) electrons. The third-order valence-electron chi connectivity index (χ3n) is 2.36. The first-order valence-corrected chi connectivity index (χ1v) is 4.78. The molecule has 1 aliphatic heterocycles. The average molecular weight is 207 g/mol. The Kier molecular flexibility index (Phi) is 2.49. The number of benzene rings is 1. The van der Waals surface area contributed by atoms with Crippen molar-refractivity contribution in [1.29, 1.82) is 0 Å². The van der Waals surface area contributed by atoms with Crippen LogP contribution in [0.5, 0.6) is 5.75 Å². The lowest BCUT2D eigenvalue weighted by molar-refractivity contribution is -0.142. The number of rotatable bonds is 1. The molecule has 0 saturated heterocycles. The zero-order valence-corrected chi connectivity index (χ0v) is 8.74. The molecule has 0 amide bonds. The molecular weight excluding hydrogens is 194 g/mol. The van der Waals surface area contributed by atoms with Gasteiger partial charge in [-0.3, -0.25) is 0 Å². The fraction of sp³-hybridized carbons (Fsp3) is 0.364. The van der Waals surface area contributed by atoms with Crippen LogP contribution in [0.4, 0.5) is 5.69 Å². The summed E-state index contributed by atoms with van der Waals surface area (Å²) < 4.78 is 10.1. The molecule has 15 heavy (non-hydrogen) atoms. The van der Waals surface area contributed by atoms with E-state index in [2.05, 4.69) is 10.1 Å². The van der Waals surface area contributed by atoms with E-state index in [0.717, 1.165) is 17.0 Å². The van der Waals surface area contributed by atoms with Gasteiger partial charge in [-0.05, 0) is 24.6 Å². The summed E-state index contributed by atoms with van der Waals surface area (Å²) >= 11 is 0. The van der Waals surface area contributed by atoms with Crippen LogP contribution in [-0.4, -0.2) is 25.7 Å². The normalized spacial score (nSPS) is 18.4. The van der Waals surface area contributed by atoms with E-state index in [1.165, 1.54) is 7.11 Å². The van der Waals surface area contributed by atoms with Gasteiger partial charge in [-0.1, -0.05) is 6.07 Å². The number of nitrogens with one attached hydrogen (secondary N) is 1. The van der Waals surface area contributed by atoms with Crippen LogP contribution in [-0.2, 0) is 9.53 Å². The number of fused-ring (bicyclic) bond motifs is 1. The molecular formula is C11H13NO3. The Morgan fingerprint density at radius 3 is 3.13 bits per heavy atom. The second-order valence-electron chi connectivity index (χ2n) is 3.53. The lowest BCUT2D eigenvalue weighted by Gasteiger charge is -2.25. The summed E-state index contributed by atoms with van der Waals surface area (Å²) in [6.45, 7) is 2.30. The van der Waals surface area contributed by atoms with Crippen molar-refractivity contribution in [2.75, 3.05) is 19.0 Å². The second kappa shape index (κ2) is 3.81. The highest BCUT2D eigenvalue weighted by molar-refractivity contribution is 5.81. The molecule has 1 aromatic rings. The van der Waals surface area contributed by atoms with Gasteiger partial charge in [-0.15, -0.1) is 0 Å². The SMILES string of the molecule is COC(=O)C1COc2ccc(C)cc2N1. The zero-order chi connectivity index (χ0) is 10.8. The van der Waals surface area contributed by atoms with Gasteiger partial charge >= 0.3 is 5.97 Å². The summed E-state index contributed by atoms with van der Waals surface area (Å²) in [5.41, 5.74) is 1.96. The van der Waals surface area contributed by atoms with Gasteiger partial charge in [0.2, 0.25) is 0 Å². The number of carbonyl (C=O) groups excluding carboxylic acids is 1. The lowest BCUT2D eigenvalue weighted by atomic mass is 10.1. The van der Waals surface area contributed by atoms with Crippen molar-refractivity contribution in [1.82, 2.24) is 0 Å². The maximum atomic E-state index is 11.3. The first kappa shape index (κ1) is 9.83. The number of carbonyl (C=O) groups is 1. The molecule has 1 N–H and O–H groups in total. The van der Waals surface area contributed by atoms with Crippen molar-refractivity contribution in [2.45, 2.75) is 13.0 Å². The summed E-state index contributed by atoms with van der Waals surface area (Å²) in [4.78, 5) is 11.3. The molecule has 4 nitrogen and oxygen atoms in total. The van der Waals surface area contributed by atoms with Crippen molar-refractivity contribution in [2.24, 2.45) is 0 Å². The molecule has 1 aliphatic rings. The highest BCUT2D eigenvalue weighted by Crippen LogP contribution is 2.29. The molecule has 1 atom stereocenters. The molecule has 1 unspecified atom stereocenters. The summed E-state index contributed by atoms with van der Waals surface area (Å²) in [6.07, 6.45) is 0. The highest BCUT2D eigenvalue weighted by atomic mass is 16.5. The van der Waals surface area contributed by atoms with Gasteiger partial charge in [-0.25, -0.2) is 4.79 Å². The number of hydrogen-bond acceptors (Lipinski definition) is 4. The Labute approximate surface area is 88.2 Å². The molecule has 0 saturated carbocycles. The third kappa shape index (κ3) is 1.88. The number of ether oxygens (including phenoxy) is 2. The van der Waals surface area contributed by atoms with Crippen molar-refractivity contribution in [3.8, 4) is 5.75 Å². The van der Waals surface area contributed by atoms with Gasteiger partial charge in [0, 0.05) is 0 Å². The molecule has 0 fully saturated rings. The van der Waals surface area contributed by atoms with Crippen LogP contribution < -0.4 is 10.1 Å². The van der Waals surface area contributed by atoms with E-state index in [4.69, 9.17) is 4.74 Å². The third-order valence-corrected chi connectivity index (χ3v) is 2.36. The van der Waals surface area contributed by atoms with E-state index in [1.54, 1.807) is 0 Å². The molecule has 80 valence electrons. The molecule has 1 heterocycles. The fourth-order valence-corrected chi connectivity index (χ4v) is 1.55. The van der Waals surface area contributed by atoms with Gasteiger partial charge in [-0.2, -0.15) is 0 Å². The summed E-state index contributed by atoms with van der Waals surface area (Å²) in [5.74, 6) is 0.475. The predicted molar refractivity (Wildman–Crippen MR) is 56.1 cm³/mol. The maximum absolute atomic E-state index is 11.3. The van der Waals surface area contributed by atoms with Crippen LogP contribution in [0.1, 0.15) is 5.56 Å². The topological polar surface area (TPSA) is 47.6 Å². The van der Waals surface area contributed by atoms with Crippen LogP contribution in [0, 0.1) is 6.92 Å². The van der Waals surface area contributed by atoms with Gasteiger partial charge < -0.3 is 14.8 Å². The second-order valence-corrected chi connectivity index (χ2v) is 3.53.